The highest BCUT2D eigenvalue weighted by molar-refractivity contribution is 6.08. The maximum absolute atomic E-state index is 13.1. The van der Waals surface area contributed by atoms with Gasteiger partial charge < -0.3 is 37.1 Å². The number of nitrogens with two attached hydrogens (primary N) is 1. The number of likely N-dealkylation sites (tertiary alicyclic amines) is 1. The molecule has 2 aliphatic rings. The second-order valence-corrected chi connectivity index (χ2v) is 10.3. The van der Waals surface area contributed by atoms with Gasteiger partial charge >= 0.3 is 6.03 Å². The third-order valence-corrected chi connectivity index (χ3v) is 7.20. The van der Waals surface area contributed by atoms with Crippen molar-refractivity contribution in [2.75, 3.05) is 31.5 Å². The molecule has 1 saturated heterocycles. The molecular weight excluding hydrogens is 510 g/mol. The van der Waals surface area contributed by atoms with E-state index in [1.807, 2.05) is 4.90 Å². The summed E-state index contributed by atoms with van der Waals surface area (Å²) in [5, 5.41) is 31.3. The molecule has 3 amide bonds. The van der Waals surface area contributed by atoms with Gasteiger partial charge in [0.05, 0.1) is 24.0 Å². The minimum absolute atomic E-state index is 0.00438. The molecule has 3 heterocycles. The molecule has 12 nitrogen and oxygen atoms in total. The van der Waals surface area contributed by atoms with Gasteiger partial charge in [0.2, 0.25) is 0 Å². The summed E-state index contributed by atoms with van der Waals surface area (Å²) in [5.74, 6) is -0.431. The molecule has 0 atom stereocenters. The van der Waals surface area contributed by atoms with Crippen LogP contribution in [0.4, 0.5) is 10.5 Å². The SMILES string of the molecule is N=C/C(=C\NCCCCCCN)c1cccc(C(=O)Nc2cn(C3CCN(C(=O)NC4CC4)CC3)nc2CO)n1. The maximum Gasteiger partial charge on any atom is 0.317 e. The largest absolute Gasteiger partial charge is 0.390 e. The predicted octanol–water partition coefficient (Wildman–Crippen LogP) is 2.63. The number of anilines is 1. The zero-order valence-electron chi connectivity index (χ0n) is 22.9. The second kappa shape index (κ2) is 14.6. The summed E-state index contributed by atoms with van der Waals surface area (Å²) in [6.45, 7) is 2.43. The first-order valence-electron chi connectivity index (χ1n) is 14.2. The Balaban J connectivity index is 1.34. The lowest BCUT2D eigenvalue weighted by Gasteiger charge is -2.32. The Morgan fingerprint density at radius 1 is 1.10 bits per heavy atom. The Bertz CT molecular complexity index is 1180. The third kappa shape index (κ3) is 8.12. The van der Waals surface area contributed by atoms with Crippen molar-refractivity contribution in [1.82, 2.24) is 30.3 Å². The molecule has 4 rings (SSSR count). The number of amides is 3. The van der Waals surface area contributed by atoms with Crippen LogP contribution in [0, 0.1) is 5.41 Å². The van der Waals surface area contributed by atoms with E-state index in [0.29, 0.717) is 48.3 Å². The number of pyridine rings is 1. The van der Waals surface area contributed by atoms with Crippen molar-refractivity contribution < 1.29 is 14.7 Å². The maximum atomic E-state index is 13.1. The summed E-state index contributed by atoms with van der Waals surface area (Å²) >= 11 is 0. The highest BCUT2D eigenvalue weighted by atomic mass is 16.3. The van der Waals surface area contributed by atoms with E-state index in [1.54, 1.807) is 35.3 Å². The van der Waals surface area contributed by atoms with Crippen LogP contribution in [0.15, 0.2) is 30.6 Å². The van der Waals surface area contributed by atoms with Crippen LogP contribution in [0.1, 0.15) is 79.3 Å². The summed E-state index contributed by atoms with van der Waals surface area (Å²) in [6.07, 6.45) is 12.5. The van der Waals surface area contributed by atoms with Crippen LogP contribution in [-0.2, 0) is 6.61 Å². The zero-order chi connectivity index (χ0) is 28.3. The number of hydrogen-bond donors (Lipinski definition) is 6. The van der Waals surface area contributed by atoms with E-state index in [0.717, 1.165) is 57.9 Å². The van der Waals surface area contributed by atoms with Gasteiger partial charge in [-0.15, -0.1) is 0 Å². The monoisotopic (exact) mass is 551 g/mol. The van der Waals surface area contributed by atoms with Crippen LogP contribution in [0.3, 0.4) is 0 Å². The van der Waals surface area contributed by atoms with Crippen molar-refractivity contribution in [3.63, 3.8) is 0 Å². The third-order valence-electron chi connectivity index (χ3n) is 7.20. The summed E-state index contributed by atoms with van der Waals surface area (Å²) < 4.78 is 1.78. The average molecular weight is 552 g/mol. The van der Waals surface area contributed by atoms with Gasteiger partial charge in [0.25, 0.3) is 5.91 Å². The molecule has 1 saturated carbocycles. The lowest BCUT2D eigenvalue weighted by molar-refractivity contribution is 0.102. The van der Waals surface area contributed by atoms with Gasteiger partial charge in [-0.3, -0.25) is 9.48 Å². The Labute approximate surface area is 234 Å². The Morgan fingerprint density at radius 3 is 2.55 bits per heavy atom. The van der Waals surface area contributed by atoms with Gasteiger partial charge in [-0.2, -0.15) is 5.10 Å². The lowest BCUT2D eigenvalue weighted by Crippen LogP contribution is -2.45. The van der Waals surface area contributed by atoms with Gasteiger partial charge in [0.15, 0.2) is 0 Å². The van der Waals surface area contributed by atoms with Gasteiger partial charge in [-0.1, -0.05) is 18.9 Å². The number of nitrogens with zero attached hydrogens (tertiary/aromatic N) is 4. The number of nitrogens with one attached hydrogen (secondary N) is 4. The number of carbonyl (C=O) groups excluding carboxylic acids is 2. The molecule has 216 valence electrons. The van der Waals surface area contributed by atoms with Gasteiger partial charge in [-0.05, 0) is 57.2 Å². The fourth-order valence-electron chi connectivity index (χ4n) is 4.67. The van der Waals surface area contributed by atoms with Gasteiger partial charge in [0.1, 0.15) is 11.4 Å². The van der Waals surface area contributed by atoms with Crippen molar-refractivity contribution in [2.45, 2.75) is 70.1 Å². The molecule has 12 heteroatoms. The number of aliphatic hydroxyl groups is 1. The van der Waals surface area contributed by atoms with Crippen molar-refractivity contribution in [3.05, 3.63) is 47.7 Å². The molecule has 1 aliphatic heterocycles. The molecule has 0 unspecified atom stereocenters. The standard InChI is InChI=1S/C28H41N9O3/c29-12-3-1-2-4-13-31-17-20(16-30)23-6-5-7-24(33-23)27(39)34-25-18-37(35-26(25)19-38)22-10-14-36(15-11-22)28(40)32-21-8-9-21/h5-7,16-18,21-22,30-31,38H,1-4,8-15,19,29H2,(H,32,40)(H,34,39)/b20-17+,30-16?. The molecule has 2 aromatic rings. The first kappa shape index (κ1) is 29.2. The fraction of sp³-hybridized carbons (Fsp3) is 0.536. The number of urea groups is 1. The minimum atomic E-state index is -0.431. The number of hydrogen-bond acceptors (Lipinski definition) is 8. The molecule has 1 aliphatic carbocycles. The Kier molecular flexibility index (Phi) is 10.6. The first-order valence-corrected chi connectivity index (χ1v) is 14.2. The second-order valence-electron chi connectivity index (χ2n) is 10.3. The van der Waals surface area contributed by atoms with Gasteiger partial charge in [0, 0.05) is 49.9 Å². The van der Waals surface area contributed by atoms with E-state index in [9.17, 15) is 14.7 Å². The Morgan fingerprint density at radius 2 is 1.85 bits per heavy atom. The summed E-state index contributed by atoms with van der Waals surface area (Å²) in [4.78, 5) is 31.7. The predicted molar refractivity (Wildman–Crippen MR) is 154 cm³/mol. The van der Waals surface area contributed by atoms with E-state index in [2.05, 4.69) is 26.0 Å². The molecule has 0 bridgehead atoms. The number of rotatable bonds is 14. The van der Waals surface area contributed by atoms with Crippen molar-refractivity contribution in [2.24, 2.45) is 5.73 Å². The minimum Gasteiger partial charge on any atom is -0.390 e. The fourth-order valence-corrected chi connectivity index (χ4v) is 4.67. The average Bonchev–Trinajstić information content (AvgIpc) is 3.71. The molecule has 2 fully saturated rings. The highest BCUT2D eigenvalue weighted by Gasteiger charge is 2.29. The number of piperidine rings is 1. The van der Waals surface area contributed by atoms with Crippen LogP contribution in [0.2, 0.25) is 0 Å². The number of unbranched alkanes of at least 4 members (excludes halogenated alkanes) is 3. The molecule has 2 aromatic heterocycles. The summed E-state index contributed by atoms with van der Waals surface area (Å²) in [7, 11) is 0. The molecule has 0 spiro atoms. The molecule has 0 aromatic carbocycles. The lowest BCUT2D eigenvalue weighted by atomic mass is 10.1. The van der Waals surface area contributed by atoms with E-state index < -0.39 is 5.91 Å². The molecule has 40 heavy (non-hydrogen) atoms. The van der Waals surface area contributed by atoms with Gasteiger partial charge in [-0.25, -0.2) is 9.78 Å². The Hall–Kier alpha value is -3.77. The highest BCUT2D eigenvalue weighted by Crippen LogP contribution is 2.26. The quantitative estimate of drug-likeness (QED) is 0.155. The van der Waals surface area contributed by atoms with Crippen LogP contribution in [0.5, 0.6) is 0 Å². The molecule has 7 N–H and O–H groups in total. The van der Waals surface area contributed by atoms with Crippen molar-refractivity contribution in [3.8, 4) is 0 Å². The molecule has 0 radical (unpaired) electrons. The smallest absolute Gasteiger partial charge is 0.317 e. The van der Waals surface area contributed by atoms with E-state index in [4.69, 9.17) is 11.1 Å². The van der Waals surface area contributed by atoms with Crippen molar-refractivity contribution in [1.29, 1.82) is 5.41 Å². The van der Waals surface area contributed by atoms with E-state index >= 15 is 0 Å². The van der Waals surface area contributed by atoms with Crippen LogP contribution in [0.25, 0.3) is 5.57 Å². The van der Waals surface area contributed by atoms with Crippen LogP contribution in [-0.4, -0.2) is 75.1 Å². The topological polar surface area (TPSA) is 174 Å². The molecular formula is C28H41N9O3. The zero-order valence-corrected chi connectivity index (χ0v) is 22.9. The van der Waals surface area contributed by atoms with E-state index in [1.165, 1.54) is 6.21 Å². The normalized spacial score (nSPS) is 16.1. The van der Waals surface area contributed by atoms with Crippen LogP contribution >= 0.6 is 0 Å². The number of carbonyl (C=O) groups is 2. The van der Waals surface area contributed by atoms with Crippen molar-refractivity contribution >= 4 is 29.4 Å². The number of aromatic nitrogens is 3. The first-order chi connectivity index (χ1) is 19.5. The number of allylic oxidation sites excluding steroid dienone is 1. The number of aliphatic hydroxyl groups excluding tert-OH is 1. The summed E-state index contributed by atoms with van der Waals surface area (Å²) in [6, 6.07) is 5.48. The van der Waals surface area contributed by atoms with E-state index in [-0.39, 0.29) is 24.4 Å². The van der Waals surface area contributed by atoms with Crippen LogP contribution < -0.4 is 21.7 Å². The summed E-state index contributed by atoms with van der Waals surface area (Å²) in [5.41, 5.74) is 7.59.